The highest BCUT2D eigenvalue weighted by molar-refractivity contribution is 6.32. The maximum absolute atomic E-state index is 12.0. The van der Waals surface area contributed by atoms with Crippen molar-refractivity contribution in [1.82, 2.24) is 0 Å². The second-order valence-electron chi connectivity index (χ2n) is 3.01. The van der Waals surface area contributed by atoms with E-state index in [1.807, 2.05) is 0 Å². The molecule has 0 aliphatic carbocycles. The van der Waals surface area contributed by atoms with Gasteiger partial charge in [0.15, 0.2) is 0 Å². The fourth-order valence-electron chi connectivity index (χ4n) is 1.06. The molecule has 0 unspecified atom stereocenters. The molecule has 0 aliphatic rings. The summed E-state index contributed by atoms with van der Waals surface area (Å²) < 4.78 is 32.6. The van der Waals surface area contributed by atoms with Crippen molar-refractivity contribution in [2.75, 3.05) is 18.5 Å². The summed E-state index contributed by atoms with van der Waals surface area (Å²) in [4.78, 5) is 11.1. The van der Waals surface area contributed by atoms with Crippen molar-refractivity contribution in [3.63, 3.8) is 0 Å². The van der Waals surface area contributed by atoms with Crippen LogP contribution in [0, 0.1) is 0 Å². The zero-order valence-electron chi connectivity index (χ0n) is 9.03. The number of ether oxygens (including phenoxy) is 2. The van der Waals surface area contributed by atoms with Crippen molar-refractivity contribution in [2.24, 2.45) is 0 Å². The van der Waals surface area contributed by atoms with E-state index in [9.17, 15) is 13.6 Å². The van der Waals surface area contributed by atoms with Gasteiger partial charge in [-0.1, -0.05) is 11.6 Å². The Bertz CT molecular complexity index is 417. The molecule has 0 radical (unpaired) electrons. The number of carbonyl (C=O) groups excluding carboxylic acids is 1. The molecule has 5 nitrogen and oxygen atoms in total. The molecule has 0 heterocycles. The zero-order chi connectivity index (χ0) is 13.5. The number of carbonyl (C=O) groups is 1. The number of anilines is 1. The molecule has 1 aromatic rings. The van der Waals surface area contributed by atoms with Gasteiger partial charge in [-0.3, -0.25) is 5.32 Å². The fraction of sp³-hybridized carbons (Fsp3) is 0.300. The normalized spacial score (nSPS) is 10.3. The monoisotopic (exact) mass is 281 g/mol. The van der Waals surface area contributed by atoms with Crippen LogP contribution in [0.1, 0.15) is 0 Å². The summed E-state index contributed by atoms with van der Waals surface area (Å²) in [6, 6.07) is 3.75. The summed E-state index contributed by atoms with van der Waals surface area (Å²) in [7, 11) is 0. The van der Waals surface area contributed by atoms with E-state index in [1.54, 1.807) is 0 Å². The molecule has 0 bridgehead atoms. The highest BCUT2D eigenvalue weighted by atomic mass is 35.5. The van der Waals surface area contributed by atoms with Gasteiger partial charge in [0.2, 0.25) is 0 Å². The number of rotatable bonds is 5. The minimum Gasteiger partial charge on any atom is -0.447 e. The Morgan fingerprint density at radius 2 is 2.22 bits per heavy atom. The summed E-state index contributed by atoms with van der Waals surface area (Å²) in [6.07, 6.45) is -0.789. The lowest BCUT2D eigenvalue weighted by Crippen LogP contribution is -2.15. The van der Waals surface area contributed by atoms with E-state index in [1.165, 1.54) is 18.2 Å². The Kier molecular flexibility index (Phi) is 5.60. The summed E-state index contributed by atoms with van der Waals surface area (Å²) in [5.74, 6) is -0.194. The second-order valence-corrected chi connectivity index (χ2v) is 3.42. The first-order valence-electron chi connectivity index (χ1n) is 4.82. The first-order chi connectivity index (χ1) is 8.52. The average Bonchev–Trinajstić information content (AvgIpc) is 2.29. The van der Waals surface area contributed by atoms with Crippen LogP contribution in [0.3, 0.4) is 0 Å². The maximum atomic E-state index is 12.0. The maximum Gasteiger partial charge on any atom is 0.411 e. The Morgan fingerprint density at radius 1 is 1.50 bits per heavy atom. The van der Waals surface area contributed by atoms with E-state index in [0.29, 0.717) is 0 Å². The van der Waals surface area contributed by atoms with Crippen molar-refractivity contribution >= 4 is 23.4 Å². The number of hydrogen-bond acceptors (Lipinski definition) is 4. The molecule has 18 heavy (non-hydrogen) atoms. The van der Waals surface area contributed by atoms with Crippen LogP contribution >= 0.6 is 11.6 Å². The smallest absolute Gasteiger partial charge is 0.411 e. The number of benzene rings is 1. The number of alkyl halides is 2. The molecule has 1 rings (SSSR count). The predicted octanol–water partition coefficient (Wildman–Crippen LogP) is 2.48. The molecule has 8 heteroatoms. The topological polar surface area (TPSA) is 67.8 Å². The predicted molar refractivity (Wildman–Crippen MR) is 60.1 cm³/mol. The highest BCUT2D eigenvalue weighted by Gasteiger charge is 2.10. The summed E-state index contributed by atoms with van der Waals surface area (Å²) >= 11 is 5.67. The number of amides is 1. The number of aliphatic hydroxyl groups excluding tert-OH is 1. The molecule has 0 aliphatic heterocycles. The van der Waals surface area contributed by atoms with Crippen molar-refractivity contribution in [1.29, 1.82) is 0 Å². The van der Waals surface area contributed by atoms with E-state index in [4.69, 9.17) is 16.7 Å². The minimum atomic E-state index is -2.98. The van der Waals surface area contributed by atoms with Crippen LogP contribution in [0.4, 0.5) is 19.3 Å². The molecule has 0 aromatic heterocycles. The second kappa shape index (κ2) is 6.97. The molecule has 0 fully saturated rings. The third-order valence-electron chi connectivity index (χ3n) is 1.72. The lowest BCUT2D eigenvalue weighted by atomic mass is 10.3. The first kappa shape index (κ1) is 14.5. The van der Waals surface area contributed by atoms with E-state index in [-0.39, 0.29) is 29.7 Å². The van der Waals surface area contributed by atoms with Crippen molar-refractivity contribution in [3.05, 3.63) is 23.2 Å². The minimum absolute atomic E-state index is 0.0738. The zero-order valence-corrected chi connectivity index (χ0v) is 9.79. The molecule has 1 aromatic carbocycles. The van der Waals surface area contributed by atoms with Crippen LogP contribution in [-0.2, 0) is 4.74 Å². The lowest BCUT2D eigenvalue weighted by molar-refractivity contribution is -0.0497. The van der Waals surface area contributed by atoms with Gasteiger partial charge >= 0.3 is 12.7 Å². The largest absolute Gasteiger partial charge is 0.447 e. The van der Waals surface area contributed by atoms with E-state index >= 15 is 0 Å². The van der Waals surface area contributed by atoms with E-state index in [2.05, 4.69) is 14.8 Å². The van der Waals surface area contributed by atoms with Gasteiger partial charge in [-0.15, -0.1) is 0 Å². The van der Waals surface area contributed by atoms with Gasteiger partial charge in [0.25, 0.3) is 0 Å². The van der Waals surface area contributed by atoms with Crippen molar-refractivity contribution in [3.8, 4) is 5.75 Å². The van der Waals surface area contributed by atoms with Crippen molar-refractivity contribution < 1.29 is 28.2 Å². The fourth-order valence-corrected chi connectivity index (χ4v) is 1.29. The lowest BCUT2D eigenvalue weighted by Gasteiger charge is -2.09. The number of halogens is 3. The van der Waals surface area contributed by atoms with Crippen LogP contribution < -0.4 is 10.1 Å². The third kappa shape index (κ3) is 4.72. The standard InChI is InChI=1S/C10H10ClF2NO4/c11-7-5-6(14-10(16)17-4-3-15)1-2-8(7)18-9(12)13/h1-2,5,9,15H,3-4H2,(H,14,16). The van der Waals surface area contributed by atoms with Gasteiger partial charge in [0, 0.05) is 5.69 Å². The Labute approximate surface area is 106 Å². The molecule has 100 valence electrons. The van der Waals surface area contributed by atoms with E-state index < -0.39 is 12.7 Å². The molecule has 0 atom stereocenters. The Morgan fingerprint density at radius 3 is 2.78 bits per heavy atom. The summed E-state index contributed by atoms with van der Waals surface area (Å²) in [6.45, 7) is -3.42. The van der Waals surface area contributed by atoms with Gasteiger partial charge in [-0.05, 0) is 18.2 Å². The number of hydrogen-bond donors (Lipinski definition) is 2. The van der Waals surface area contributed by atoms with E-state index in [0.717, 1.165) is 0 Å². The molecular weight excluding hydrogens is 272 g/mol. The van der Waals surface area contributed by atoms with Gasteiger partial charge in [-0.2, -0.15) is 8.78 Å². The average molecular weight is 282 g/mol. The summed E-state index contributed by atoms with van der Waals surface area (Å²) in [5.41, 5.74) is 0.254. The molecule has 0 saturated carbocycles. The van der Waals surface area contributed by atoms with Crippen LogP contribution in [0.5, 0.6) is 5.75 Å². The Balaban J connectivity index is 2.63. The third-order valence-corrected chi connectivity index (χ3v) is 2.01. The van der Waals surface area contributed by atoms with Gasteiger partial charge in [0.05, 0.1) is 11.6 Å². The molecular formula is C10H10ClF2NO4. The van der Waals surface area contributed by atoms with Crippen LogP contribution in [0.2, 0.25) is 5.02 Å². The number of nitrogens with one attached hydrogen (secondary N) is 1. The Hall–Kier alpha value is -1.60. The van der Waals surface area contributed by atoms with Gasteiger partial charge in [0.1, 0.15) is 12.4 Å². The highest BCUT2D eigenvalue weighted by Crippen LogP contribution is 2.28. The SMILES string of the molecule is O=C(Nc1ccc(OC(F)F)c(Cl)c1)OCCO. The van der Waals surface area contributed by atoms with Crippen molar-refractivity contribution in [2.45, 2.75) is 6.61 Å². The number of aliphatic hydroxyl groups is 1. The molecule has 0 spiro atoms. The summed E-state index contributed by atoms with van der Waals surface area (Å²) in [5, 5.41) is 10.7. The van der Waals surface area contributed by atoms with Crippen LogP contribution in [0.15, 0.2) is 18.2 Å². The van der Waals surface area contributed by atoms with Gasteiger partial charge < -0.3 is 14.6 Å². The molecule has 2 N–H and O–H groups in total. The van der Waals surface area contributed by atoms with Gasteiger partial charge in [-0.25, -0.2) is 4.79 Å². The first-order valence-corrected chi connectivity index (χ1v) is 5.19. The molecule has 1 amide bonds. The quantitative estimate of drug-likeness (QED) is 0.870. The molecule has 0 saturated heterocycles. The van der Waals surface area contributed by atoms with Crippen LogP contribution in [0.25, 0.3) is 0 Å². The van der Waals surface area contributed by atoms with Crippen LogP contribution in [-0.4, -0.2) is 31.0 Å².